The number of nitrogens with two attached hydrogens (primary N) is 1. The molecule has 1 atom stereocenters. The maximum absolute atomic E-state index is 11.1. The zero-order chi connectivity index (χ0) is 11.1. The fourth-order valence-corrected chi connectivity index (χ4v) is 1.11. The Morgan fingerprint density at radius 2 is 2.29 bits per heavy atom. The summed E-state index contributed by atoms with van der Waals surface area (Å²) in [5, 5.41) is 9.27. The van der Waals surface area contributed by atoms with E-state index in [1.165, 1.54) is 11.8 Å². The van der Waals surface area contributed by atoms with E-state index in [1.807, 2.05) is 0 Å². The molecule has 0 aromatic carbocycles. The number of carbonyl (C=O) groups excluding carboxylic acids is 2. The number of thioether (sulfide) groups is 1. The van der Waals surface area contributed by atoms with Gasteiger partial charge in [0.2, 0.25) is 11.8 Å². The highest BCUT2D eigenvalue weighted by molar-refractivity contribution is 7.99. The van der Waals surface area contributed by atoms with Crippen LogP contribution in [0.3, 0.4) is 0 Å². The lowest BCUT2D eigenvalue weighted by Crippen LogP contribution is -2.46. The Bertz CT molecular complexity index is 265. The molecule has 0 fully saturated rings. The van der Waals surface area contributed by atoms with Gasteiger partial charge in [-0.3, -0.25) is 9.59 Å². The lowest BCUT2D eigenvalue weighted by Gasteiger charge is -2.14. The molecule has 1 unspecified atom stereocenters. The highest BCUT2D eigenvalue weighted by Crippen LogP contribution is 1.97. The van der Waals surface area contributed by atoms with E-state index in [9.17, 15) is 9.59 Å². The minimum Gasteiger partial charge on any atom is -0.368 e. The van der Waals surface area contributed by atoms with Gasteiger partial charge in [0.1, 0.15) is 6.04 Å². The van der Waals surface area contributed by atoms with Gasteiger partial charge < -0.3 is 16.5 Å². The normalized spacial score (nSPS) is 11.5. The van der Waals surface area contributed by atoms with Crippen LogP contribution in [0, 0.1) is 5.41 Å². The lowest BCUT2D eigenvalue weighted by molar-refractivity contribution is -0.125. The SMILES string of the molecule is C=C(C=N)C(NC(=O)CSC)C(N)=O. The molecule has 78 valence electrons. The third-order valence-electron chi connectivity index (χ3n) is 1.42. The van der Waals surface area contributed by atoms with Crippen LogP contribution in [0.2, 0.25) is 0 Å². The highest BCUT2D eigenvalue weighted by atomic mass is 32.2. The predicted molar refractivity (Wildman–Crippen MR) is 57.4 cm³/mol. The third-order valence-corrected chi connectivity index (χ3v) is 1.97. The summed E-state index contributed by atoms with van der Waals surface area (Å²) in [5.74, 6) is -0.771. The number of hydrogen-bond acceptors (Lipinski definition) is 4. The van der Waals surface area contributed by atoms with E-state index in [0.717, 1.165) is 6.21 Å². The molecule has 6 heteroatoms. The molecule has 0 aromatic rings. The topological polar surface area (TPSA) is 96.0 Å². The molecule has 0 bridgehead atoms. The zero-order valence-corrected chi connectivity index (χ0v) is 8.69. The number of amides is 2. The summed E-state index contributed by atoms with van der Waals surface area (Å²) >= 11 is 1.33. The molecular formula is C8H13N3O2S. The van der Waals surface area contributed by atoms with Crippen molar-refractivity contribution in [3.63, 3.8) is 0 Å². The third kappa shape index (κ3) is 4.08. The Kier molecular flexibility index (Phi) is 5.62. The van der Waals surface area contributed by atoms with Gasteiger partial charge in [0.25, 0.3) is 0 Å². The summed E-state index contributed by atoms with van der Waals surface area (Å²) in [6.45, 7) is 3.44. The van der Waals surface area contributed by atoms with E-state index >= 15 is 0 Å². The summed E-state index contributed by atoms with van der Waals surface area (Å²) in [6, 6.07) is -0.979. The summed E-state index contributed by atoms with van der Waals surface area (Å²) in [6.07, 6.45) is 2.67. The Labute approximate surface area is 86.6 Å². The first-order chi connectivity index (χ1) is 6.52. The average Bonchev–Trinajstić information content (AvgIpc) is 2.13. The smallest absolute Gasteiger partial charge is 0.244 e. The second-order valence-corrected chi connectivity index (χ2v) is 3.42. The minimum absolute atomic E-state index is 0.173. The molecule has 0 saturated heterocycles. The van der Waals surface area contributed by atoms with E-state index in [0.29, 0.717) is 0 Å². The minimum atomic E-state index is -0.979. The molecule has 0 aliphatic carbocycles. The molecule has 14 heavy (non-hydrogen) atoms. The molecule has 0 saturated carbocycles. The molecular weight excluding hydrogens is 202 g/mol. The van der Waals surface area contributed by atoms with Gasteiger partial charge in [-0.15, -0.1) is 0 Å². The molecule has 2 amide bonds. The number of hydrogen-bond donors (Lipinski definition) is 3. The molecule has 0 spiro atoms. The van der Waals surface area contributed by atoms with Crippen LogP contribution < -0.4 is 11.1 Å². The van der Waals surface area contributed by atoms with E-state index < -0.39 is 11.9 Å². The first kappa shape index (κ1) is 12.7. The van der Waals surface area contributed by atoms with E-state index in [-0.39, 0.29) is 17.2 Å². The van der Waals surface area contributed by atoms with Crippen LogP contribution >= 0.6 is 11.8 Å². The van der Waals surface area contributed by atoms with Gasteiger partial charge in [-0.1, -0.05) is 6.58 Å². The second-order valence-electron chi connectivity index (χ2n) is 2.56. The summed E-state index contributed by atoms with van der Waals surface area (Å²) in [4.78, 5) is 22.0. The van der Waals surface area contributed by atoms with Gasteiger partial charge in [-0.05, 0) is 11.8 Å². The quantitative estimate of drug-likeness (QED) is 0.522. The van der Waals surface area contributed by atoms with Gasteiger partial charge in [0.05, 0.1) is 5.75 Å². The Morgan fingerprint density at radius 3 is 2.64 bits per heavy atom. The second kappa shape index (κ2) is 6.20. The van der Waals surface area contributed by atoms with Crippen LogP contribution in [-0.2, 0) is 9.59 Å². The van der Waals surface area contributed by atoms with Gasteiger partial charge in [-0.25, -0.2) is 0 Å². The number of nitrogens with one attached hydrogen (secondary N) is 2. The lowest BCUT2D eigenvalue weighted by atomic mass is 10.1. The van der Waals surface area contributed by atoms with Crippen molar-refractivity contribution < 1.29 is 9.59 Å². The van der Waals surface area contributed by atoms with Crippen LogP contribution in [0.1, 0.15) is 0 Å². The van der Waals surface area contributed by atoms with Gasteiger partial charge >= 0.3 is 0 Å². The van der Waals surface area contributed by atoms with Gasteiger partial charge in [0.15, 0.2) is 0 Å². The van der Waals surface area contributed by atoms with Crippen LogP contribution in [0.4, 0.5) is 0 Å². The molecule has 5 nitrogen and oxygen atoms in total. The monoisotopic (exact) mass is 215 g/mol. The van der Waals surface area contributed by atoms with Crippen molar-refractivity contribution in [1.82, 2.24) is 5.32 Å². The predicted octanol–water partition coefficient (Wildman–Crippen LogP) is -0.475. The van der Waals surface area contributed by atoms with Crippen LogP contribution in [0.5, 0.6) is 0 Å². The zero-order valence-electron chi connectivity index (χ0n) is 7.87. The maximum Gasteiger partial charge on any atom is 0.244 e. The van der Waals surface area contributed by atoms with Crippen molar-refractivity contribution in [2.75, 3.05) is 12.0 Å². The first-order valence-corrected chi connectivity index (χ1v) is 5.19. The Balaban J connectivity index is 4.38. The van der Waals surface area contributed by atoms with Crippen molar-refractivity contribution in [3.05, 3.63) is 12.2 Å². The summed E-state index contributed by atoms with van der Waals surface area (Å²) in [7, 11) is 0. The van der Waals surface area contributed by atoms with Crippen LogP contribution in [0.25, 0.3) is 0 Å². The van der Waals surface area contributed by atoms with Gasteiger partial charge in [-0.2, -0.15) is 11.8 Å². The van der Waals surface area contributed by atoms with E-state index in [2.05, 4.69) is 11.9 Å². The molecule has 0 aromatic heterocycles. The van der Waals surface area contributed by atoms with E-state index in [4.69, 9.17) is 11.1 Å². The standard InChI is InChI=1S/C8H13N3O2S/c1-5(3-9)7(8(10)13)11-6(12)4-14-2/h3,7,9H,1,4H2,2H3,(H2,10,13)(H,11,12). The fourth-order valence-electron chi connectivity index (χ4n) is 0.764. The number of carbonyl (C=O) groups is 2. The molecule has 0 rings (SSSR count). The molecule has 0 radical (unpaired) electrons. The molecule has 4 N–H and O–H groups in total. The van der Waals surface area contributed by atoms with Crippen LogP contribution in [0.15, 0.2) is 12.2 Å². The Hall–Kier alpha value is -1.30. The van der Waals surface area contributed by atoms with Crippen molar-refractivity contribution in [2.45, 2.75) is 6.04 Å². The summed E-state index contributed by atoms with van der Waals surface area (Å²) < 4.78 is 0. The molecule has 0 heterocycles. The van der Waals surface area contributed by atoms with Crippen molar-refractivity contribution in [2.24, 2.45) is 5.73 Å². The fraction of sp³-hybridized carbons (Fsp3) is 0.375. The van der Waals surface area contributed by atoms with Gasteiger partial charge in [0, 0.05) is 6.21 Å². The Morgan fingerprint density at radius 1 is 1.71 bits per heavy atom. The van der Waals surface area contributed by atoms with Crippen molar-refractivity contribution in [1.29, 1.82) is 5.41 Å². The van der Waals surface area contributed by atoms with Crippen molar-refractivity contribution in [3.8, 4) is 0 Å². The first-order valence-electron chi connectivity index (χ1n) is 3.79. The molecule has 0 aliphatic rings. The largest absolute Gasteiger partial charge is 0.368 e. The number of rotatable bonds is 6. The highest BCUT2D eigenvalue weighted by Gasteiger charge is 2.19. The van der Waals surface area contributed by atoms with Crippen LogP contribution in [-0.4, -0.2) is 36.1 Å². The maximum atomic E-state index is 11.1. The summed E-state index contributed by atoms with van der Waals surface area (Å²) in [5.41, 5.74) is 5.21. The van der Waals surface area contributed by atoms with E-state index in [1.54, 1.807) is 6.26 Å². The molecule has 0 aliphatic heterocycles. The number of primary amides is 1. The van der Waals surface area contributed by atoms with Crippen molar-refractivity contribution >= 4 is 29.8 Å². The average molecular weight is 215 g/mol.